The average Bonchev–Trinajstić information content (AvgIpc) is 2.40. The lowest BCUT2D eigenvalue weighted by Gasteiger charge is -2.17. The highest BCUT2D eigenvalue weighted by molar-refractivity contribution is 14.1. The molecule has 20 heavy (non-hydrogen) atoms. The molecule has 1 atom stereocenters. The molecule has 0 aliphatic rings. The first-order valence-electron chi connectivity index (χ1n) is 6.44. The predicted octanol–water partition coefficient (Wildman–Crippen LogP) is 4.89. The molecule has 0 heterocycles. The van der Waals surface area contributed by atoms with Crippen LogP contribution in [0.1, 0.15) is 31.0 Å². The quantitative estimate of drug-likeness (QED) is 0.680. The fraction of sp³-hybridized carbons (Fsp3) is 0.250. The van der Waals surface area contributed by atoms with E-state index >= 15 is 0 Å². The lowest BCUT2D eigenvalue weighted by Crippen LogP contribution is -2.13. The Bertz CT molecular complexity index is 601. The molecule has 0 spiro atoms. The SMILES string of the molecule is CC(C)Oc1cccc(C(N)c2cc(I)ccc2Br)c1. The molecule has 2 aromatic carbocycles. The Kier molecular flexibility index (Phi) is 5.46. The number of hydrogen-bond acceptors (Lipinski definition) is 2. The van der Waals surface area contributed by atoms with Gasteiger partial charge in [0, 0.05) is 8.04 Å². The van der Waals surface area contributed by atoms with Crippen molar-refractivity contribution in [2.24, 2.45) is 5.73 Å². The first-order valence-corrected chi connectivity index (χ1v) is 8.31. The predicted molar refractivity (Wildman–Crippen MR) is 95.1 cm³/mol. The highest BCUT2D eigenvalue weighted by Crippen LogP contribution is 2.30. The highest BCUT2D eigenvalue weighted by Gasteiger charge is 2.13. The van der Waals surface area contributed by atoms with Crippen molar-refractivity contribution in [3.05, 3.63) is 61.6 Å². The van der Waals surface area contributed by atoms with Crippen LogP contribution in [-0.2, 0) is 0 Å². The fourth-order valence-electron chi connectivity index (χ4n) is 1.99. The van der Waals surface area contributed by atoms with E-state index in [2.05, 4.69) is 50.7 Å². The highest BCUT2D eigenvalue weighted by atomic mass is 127. The summed E-state index contributed by atoms with van der Waals surface area (Å²) in [7, 11) is 0. The van der Waals surface area contributed by atoms with Gasteiger partial charge in [-0.1, -0.05) is 28.1 Å². The molecule has 0 saturated carbocycles. The van der Waals surface area contributed by atoms with Crippen molar-refractivity contribution in [3.8, 4) is 5.75 Å². The van der Waals surface area contributed by atoms with Gasteiger partial charge in [-0.2, -0.15) is 0 Å². The van der Waals surface area contributed by atoms with Gasteiger partial charge >= 0.3 is 0 Å². The Morgan fingerprint density at radius 1 is 1.15 bits per heavy atom. The number of ether oxygens (including phenoxy) is 1. The second-order valence-corrected chi connectivity index (χ2v) is 6.98. The molecular formula is C16H17BrINO. The van der Waals surface area contributed by atoms with Crippen molar-refractivity contribution < 1.29 is 4.74 Å². The van der Waals surface area contributed by atoms with Gasteiger partial charge in [-0.25, -0.2) is 0 Å². The van der Waals surface area contributed by atoms with E-state index in [0.29, 0.717) is 0 Å². The van der Waals surface area contributed by atoms with Crippen LogP contribution in [0.5, 0.6) is 5.75 Å². The molecule has 2 N–H and O–H groups in total. The van der Waals surface area contributed by atoms with Crippen LogP contribution >= 0.6 is 38.5 Å². The average molecular weight is 446 g/mol. The fourth-order valence-corrected chi connectivity index (χ4v) is 2.99. The van der Waals surface area contributed by atoms with Crippen LogP contribution in [0.3, 0.4) is 0 Å². The van der Waals surface area contributed by atoms with E-state index in [1.165, 1.54) is 3.57 Å². The molecule has 1 unspecified atom stereocenters. The zero-order valence-corrected chi connectivity index (χ0v) is 15.2. The van der Waals surface area contributed by atoms with Crippen LogP contribution in [0.15, 0.2) is 46.9 Å². The molecular weight excluding hydrogens is 429 g/mol. The molecule has 0 aromatic heterocycles. The summed E-state index contributed by atoms with van der Waals surface area (Å²) in [5.74, 6) is 0.856. The van der Waals surface area contributed by atoms with Gasteiger partial charge in [0.25, 0.3) is 0 Å². The van der Waals surface area contributed by atoms with E-state index in [-0.39, 0.29) is 12.1 Å². The first kappa shape index (κ1) is 15.8. The number of nitrogens with two attached hydrogens (primary N) is 1. The lowest BCUT2D eigenvalue weighted by molar-refractivity contribution is 0.242. The van der Waals surface area contributed by atoms with Crippen molar-refractivity contribution in [1.29, 1.82) is 0 Å². The van der Waals surface area contributed by atoms with Gasteiger partial charge in [0.2, 0.25) is 0 Å². The largest absolute Gasteiger partial charge is 0.491 e. The maximum atomic E-state index is 6.40. The van der Waals surface area contributed by atoms with Gasteiger partial charge in [0.15, 0.2) is 0 Å². The van der Waals surface area contributed by atoms with Crippen LogP contribution in [0, 0.1) is 3.57 Å². The molecule has 0 aliphatic heterocycles. The Morgan fingerprint density at radius 3 is 2.60 bits per heavy atom. The van der Waals surface area contributed by atoms with Gasteiger partial charge in [0.05, 0.1) is 12.1 Å². The van der Waals surface area contributed by atoms with Crippen LogP contribution in [0.25, 0.3) is 0 Å². The summed E-state index contributed by atoms with van der Waals surface area (Å²) < 4.78 is 7.93. The van der Waals surface area contributed by atoms with Gasteiger partial charge in [0.1, 0.15) is 5.75 Å². The minimum atomic E-state index is -0.171. The van der Waals surface area contributed by atoms with E-state index in [0.717, 1.165) is 21.3 Å². The molecule has 2 rings (SSSR count). The number of hydrogen-bond donors (Lipinski definition) is 1. The molecule has 2 aromatic rings. The second kappa shape index (κ2) is 6.91. The maximum Gasteiger partial charge on any atom is 0.120 e. The molecule has 0 saturated heterocycles. The molecule has 0 radical (unpaired) electrons. The summed E-state index contributed by atoms with van der Waals surface area (Å²) in [6.07, 6.45) is 0.158. The van der Waals surface area contributed by atoms with E-state index in [9.17, 15) is 0 Å². The Morgan fingerprint density at radius 2 is 1.90 bits per heavy atom. The molecule has 0 aliphatic carbocycles. The van der Waals surface area contributed by atoms with Gasteiger partial charge in [-0.05, 0) is 77.9 Å². The Balaban J connectivity index is 2.33. The van der Waals surface area contributed by atoms with Crippen LogP contribution in [0.4, 0.5) is 0 Å². The van der Waals surface area contributed by atoms with Crippen LogP contribution in [-0.4, -0.2) is 6.10 Å². The van der Waals surface area contributed by atoms with E-state index < -0.39 is 0 Å². The monoisotopic (exact) mass is 445 g/mol. The summed E-state index contributed by atoms with van der Waals surface area (Å²) in [6.45, 7) is 4.03. The van der Waals surface area contributed by atoms with Gasteiger partial charge in [-0.15, -0.1) is 0 Å². The molecule has 4 heteroatoms. The molecule has 0 amide bonds. The zero-order chi connectivity index (χ0) is 14.7. The minimum Gasteiger partial charge on any atom is -0.491 e. The molecule has 2 nitrogen and oxygen atoms in total. The first-order chi connectivity index (χ1) is 9.47. The normalized spacial score (nSPS) is 12.5. The van der Waals surface area contributed by atoms with E-state index in [1.807, 2.05) is 44.2 Å². The third-order valence-electron chi connectivity index (χ3n) is 2.88. The van der Waals surface area contributed by atoms with Gasteiger partial charge in [-0.3, -0.25) is 0 Å². The number of halogens is 2. The Hall–Kier alpha value is -0.590. The number of rotatable bonds is 4. The van der Waals surface area contributed by atoms with Crippen LogP contribution < -0.4 is 10.5 Å². The van der Waals surface area contributed by atoms with Gasteiger partial charge < -0.3 is 10.5 Å². The lowest BCUT2D eigenvalue weighted by atomic mass is 9.99. The summed E-state index contributed by atoms with van der Waals surface area (Å²) in [6, 6.07) is 14.0. The van der Waals surface area contributed by atoms with Crippen molar-refractivity contribution in [1.82, 2.24) is 0 Å². The molecule has 106 valence electrons. The number of benzene rings is 2. The summed E-state index contributed by atoms with van der Waals surface area (Å²) in [5.41, 5.74) is 8.53. The Labute approximate surface area is 142 Å². The zero-order valence-electron chi connectivity index (χ0n) is 11.4. The summed E-state index contributed by atoms with van der Waals surface area (Å²) in [4.78, 5) is 0. The summed E-state index contributed by atoms with van der Waals surface area (Å²) >= 11 is 5.87. The van der Waals surface area contributed by atoms with Crippen LogP contribution in [0.2, 0.25) is 0 Å². The van der Waals surface area contributed by atoms with Crippen molar-refractivity contribution in [2.45, 2.75) is 26.0 Å². The van der Waals surface area contributed by atoms with E-state index in [4.69, 9.17) is 10.5 Å². The molecule has 0 bridgehead atoms. The van der Waals surface area contributed by atoms with E-state index in [1.54, 1.807) is 0 Å². The smallest absolute Gasteiger partial charge is 0.120 e. The standard InChI is InChI=1S/C16H17BrINO/c1-10(2)20-13-5-3-4-11(8-13)16(19)14-9-12(18)6-7-15(14)17/h3-10,16H,19H2,1-2H3. The topological polar surface area (TPSA) is 35.2 Å². The molecule has 0 fully saturated rings. The minimum absolute atomic E-state index is 0.158. The third kappa shape index (κ3) is 3.96. The van der Waals surface area contributed by atoms with Crippen molar-refractivity contribution in [3.63, 3.8) is 0 Å². The van der Waals surface area contributed by atoms with Crippen molar-refractivity contribution in [2.75, 3.05) is 0 Å². The third-order valence-corrected chi connectivity index (χ3v) is 4.28. The summed E-state index contributed by atoms with van der Waals surface area (Å²) in [5, 5.41) is 0. The van der Waals surface area contributed by atoms with Crippen molar-refractivity contribution >= 4 is 38.5 Å². The second-order valence-electron chi connectivity index (χ2n) is 4.88. The maximum absolute atomic E-state index is 6.40.